The van der Waals surface area contributed by atoms with Crippen LogP contribution in [0.25, 0.3) is 0 Å². The zero-order valence-electron chi connectivity index (χ0n) is 15.1. The van der Waals surface area contributed by atoms with Crippen molar-refractivity contribution in [3.05, 3.63) is 68.2 Å². The number of carbonyl (C=O) groups is 1. The van der Waals surface area contributed by atoms with Crippen LogP contribution in [0, 0.1) is 10.1 Å². The van der Waals surface area contributed by atoms with Gasteiger partial charge in [-0.3, -0.25) is 14.9 Å². The fourth-order valence-corrected chi connectivity index (χ4v) is 5.14. The van der Waals surface area contributed by atoms with Gasteiger partial charge in [-0.2, -0.15) is 4.31 Å². The van der Waals surface area contributed by atoms with E-state index >= 15 is 0 Å². The average molecular weight is 458 g/mol. The van der Waals surface area contributed by atoms with Gasteiger partial charge in [-0.25, -0.2) is 8.42 Å². The molecule has 0 saturated carbocycles. The van der Waals surface area contributed by atoms with Gasteiger partial charge in [-0.15, -0.1) is 0 Å². The summed E-state index contributed by atoms with van der Waals surface area (Å²) >= 11 is 12.0. The van der Waals surface area contributed by atoms with Gasteiger partial charge < -0.3 is 4.90 Å². The van der Waals surface area contributed by atoms with Gasteiger partial charge in [0.05, 0.1) is 11.3 Å². The standard InChI is InChI=1S/C18H17Cl2N3O5S/c19-14-6-5-13(15(20)12-14)11-18(24)21-7-9-22(10-8-21)29(27,28)17-4-2-1-3-16(17)23(25)26/h1-6,12H,7-11H2. The Morgan fingerprint density at radius 2 is 1.72 bits per heavy atom. The maximum Gasteiger partial charge on any atom is 0.289 e. The number of halogens is 2. The van der Waals surface area contributed by atoms with Crippen molar-refractivity contribution in [3.63, 3.8) is 0 Å². The maximum atomic E-state index is 12.8. The summed E-state index contributed by atoms with van der Waals surface area (Å²) in [7, 11) is -4.04. The highest BCUT2D eigenvalue weighted by Gasteiger charge is 2.34. The van der Waals surface area contributed by atoms with Crippen LogP contribution in [-0.4, -0.2) is 54.6 Å². The fraction of sp³-hybridized carbons (Fsp3) is 0.278. The van der Waals surface area contributed by atoms with Gasteiger partial charge in [0.2, 0.25) is 15.9 Å². The topological polar surface area (TPSA) is 101 Å². The summed E-state index contributed by atoms with van der Waals surface area (Å²) in [6, 6.07) is 10.1. The van der Waals surface area contributed by atoms with Gasteiger partial charge in [0.25, 0.3) is 5.69 Å². The number of rotatable bonds is 5. The van der Waals surface area contributed by atoms with Crippen molar-refractivity contribution in [2.45, 2.75) is 11.3 Å². The van der Waals surface area contributed by atoms with E-state index in [1.807, 2.05) is 0 Å². The number of nitrogens with zero attached hydrogens (tertiary/aromatic N) is 3. The zero-order valence-corrected chi connectivity index (χ0v) is 17.5. The third-order valence-electron chi connectivity index (χ3n) is 4.63. The van der Waals surface area contributed by atoms with E-state index in [-0.39, 0.29) is 43.4 Å². The molecule has 1 heterocycles. The molecule has 1 aliphatic heterocycles. The first kappa shape index (κ1) is 21.5. The molecular formula is C18H17Cl2N3O5S. The highest BCUT2D eigenvalue weighted by molar-refractivity contribution is 7.89. The summed E-state index contributed by atoms with van der Waals surface area (Å²) in [6.07, 6.45) is 0.0763. The third-order valence-corrected chi connectivity index (χ3v) is 7.16. The van der Waals surface area contributed by atoms with Crippen molar-refractivity contribution in [2.75, 3.05) is 26.2 Å². The highest BCUT2D eigenvalue weighted by atomic mass is 35.5. The Morgan fingerprint density at radius 3 is 2.34 bits per heavy atom. The third kappa shape index (κ3) is 4.69. The van der Waals surface area contributed by atoms with Crippen molar-refractivity contribution < 1.29 is 18.1 Å². The Labute approximate surface area is 177 Å². The van der Waals surface area contributed by atoms with Crippen LogP contribution >= 0.6 is 23.2 Å². The van der Waals surface area contributed by atoms with Gasteiger partial charge in [0.1, 0.15) is 0 Å². The van der Waals surface area contributed by atoms with Crippen LogP contribution in [0.3, 0.4) is 0 Å². The summed E-state index contributed by atoms with van der Waals surface area (Å²) in [4.78, 5) is 24.2. The highest BCUT2D eigenvalue weighted by Crippen LogP contribution is 2.27. The minimum Gasteiger partial charge on any atom is -0.340 e. The number of amides is 1. The number of sulfonamides is 1. The molecule has 1 saturated heterocycles. The molecule has 0 aliphatic carbocycles. The first-order chi connectivity index (χ1) is 13.7. The second-order valence-electron chi connectivity index (χ2n) is 6.42. The first-order valence-corrected chi connectivity index (χ1v) is 10.8. The molecule has 1 amide bonds. The Kier molecular flexibility index (Phi) is 6.42. The molecule has 0 aromatic heterocycles. The van der Waals surface area contributed by atoms with E-state index in [9.17, 15) is 23.3 Å². The molecule has 2 aromatic carbocycles. The average Bonchev–Trinajstić information content (AvgIpc) is 2.70. The van der Waals surface area contributed by atoms with E-state index in [0.29, 0.717) is 15.6 Å². The van der Waals surface area contributed by atoms with E-state index in [2.05, 4.69) is 0 Å². The Bertz CT molecular complexity index is 1050. The number of benzene rings is 2. The molecule has 0 radical (unpaired) electrons. The van der Waals surface area contributed by atoms with E-state index < -0.39 is 20.6 Å². The largest absolute Gasteiger partial charge is 0.340 e. The van der Waals surface area contributed by atoms with E-state index in [1.165, 1.54) is 18.2 Å². The van der Waals surface area contributed by atoms with Crippen molar-refractivity contribution in [1.29, 1.82) is 0 Å². The van der Waals surface area contributed by atoms with Crippen LogP contribution in [0.1, 0.15) is 5.56 Å². The molecule has 1 fully saturated rings. The molecule has 0 N–H and O–H groups in total. The number of para-hydroxylation sites is 1. The molecule has 1 aliphatic rings. The number of hydrogen-bond acceptors (Lipinski definition) is 5. The lowest BCUT2D eigenvalue weighted by molar-refractivity contribution is -0.387. The molecule has 0 spiro atoms. The molecule has 154 valence electrons. The van der Waals surface area contributed by atoms with Gasteiger partial charge in [0.15, 0.2) is 4.90 Å². The van der Waals surface area contributed by atoms with Gasteiger partial charge >= 0.3 is 0 Å². The first-order valence-electron chi connectivity index (χ1n) is 8.65. The number of nitro benzene ring substituents is 1. The van der Waals surface area contributed by atoms with Gasteiger partial charge in [0, 0.05) is 42.3 Å². The van der Waals surface area contributed by atoms with E-state index in [4.69, 9.17) is 23.2 Å². The SMILES string of the molecule is O=C(Cc1ccc(Cl)cc1Cl)N1CCN(S(=O)(=O)c2ccccc2[N+](=O)[O-])CC1. The molecule has 0 atom stereocenters. The Hall–Kier alpha value is -2.20. The molecule has 3 rings (SSSR count). The summed E-state index contributed by atoms with van der Waals surface area (Å²) in [5.74, 6) is -0.183. The van der Waals surface area contributed by atoms with Gasteiger partial charge in [-0.05, 0) is 23.8 Å². The van der Waals surface area contributed by atoms with E-state index in [1.54, 1.807) is 23.1 Å². The van der Waals surface area contributed by atoms with Crippen molar-refractivity contribution in [2.24, 2.45) is 0 Å². The maximum absolute atomic E-state index is 12.8. The van der Waals surface area contributed by atoms with Crippen LogP contribution in [-0.2, 0) is 21.2 Å². The Morgan fingerprint density at radius 1 is 1.07 bits per heavy atom. The smallest absolute Gasteiger partial charge is 0.289 e. The zero-order chi connectivity index (χ0) is 21.2. The summed E-state index contributed by atoms with van der Waals surface area (Å²) < 4.78 is 26.9. The quantitative estimate of drug-likeness (QED) is 0.507. The summed E-state index contributed by atoms with van der Waals surface area (Å²) in [5, 5.41) is 12.0. The molecule has 8 nitrogen and oxygen atoms in total. The molecule has 11 heteroatoms. The van der Waals surface area contributed by atoms with E-state index in [0.717, 1.165) is 10.4 Å². The number of hydrogen-bond donors (Lipinski definition) is 0. The molecule has 0 unspecified atom stereocenters. The predicted octanol–water partition coefficient (Wildman–Crippen LogP) is 2.98. The number of piperazine rings is 1. The summed E-state index contributed by atoms with van der Waals surface area (Å²) in [6.45, 7) is 0.469. The van der Waals surface area contributed by atoms with Crippen LogP contribution in [0.2, 0.25) is 10.0 Å². The Balaban J connectivity index is 1.68. The predicted molar refractivity (Wildman–Crippen MR) is 109 cm³/mol. The molecule has 29 heavy (non-hydrogen) atoms. The van der Waals surface area contributed by atoms with Crippen molar-refractivity contribution in [1.82, 2.24) is 9.21 Å². The lowest BCUT2D eigenvalue weighted by Crippen LogP contribution is -2.50. The lowest BCUT2D eigenvalue weighted by atomic mass is 10.1. The van der Waals surface area contributed by atoms with Crippen LogP contribution in [0.4, 0.5) is 5.69 Å². The minimum atomic E-state index is -4.04. The van der Waals surface area contributed by atoms with Crippen LogP contribution < -0.4 is 0 Å². The van der Waals surface area contributed by atoms with Crippen LogP contribution in [0.15, 0.2) is 47.4 Å². The molecular weight excluding hydrogens is 441 g/mol. The minimum absolute atomic E-state index is 0.0501. The monoisotopic (exact) mass is 457 g/mol. The number of nitro groups is 1. The van der Waals surface area contributed by atoms with Crippen molar-refractivity contribution >= 4 is 44.8 Å². The fourth-order valence-electron chi connectivity index (χ4n) is 3.08. The summed E-state index contributed by atoms with van der Waals surface area (Å²) in [5.41, 5.74) is 0.166. The van der Waals surface area contributed by atoms with Crippen LogP contribution in [0.5, 0.6) is 0 Å². The molecule has 2 aromatic rings. The normalized spacial score (nSPS) is 15.3. The number of carbonyl (C=O) groups excluding carboxylic acids is 1. The van der Waals surface area contributed by atoms with Crippen molar-refractivity contribution in [3.8, 4) is 0 Å². The second-order valence-corrected chi connectivity index (χ2v) is 9.17. The van der Waals surface area contributed by atoms with Gasteiger partial charge in [-0.1, -0.05) is 41.4 Å². The second kappa shape index (κ2) is 8.66. The molecule has 0 bridgehead atoms. The lowest BCUT2D eigenvalue weighted by Gasteiger charge is -2.34.